The molecule has 30 heavy (non-hydrogen) atoms. The Morgan fingerprint density at radius 2 is 1.83 bits per heavy atom. The van der Waals surface area contributed by atoms with E-state index in [9.17, 15) is 31.5 Å². The van der Waals surface area contributed by atoms with E-state index in [1.54, 1.807) is 0 Å². The zero-order valence-corrected chi connectivity index (χ0v) is 16.2. The van der Waals surface area contributed by atoms with E-state index in [-0.39, 0.29) is 23.0 Å². The average Bonchev–Trinajstić information content (AvgIpc) is 3.11. The highest BCUT2D eigenvalue weighted by molar-refractivity contribution is 7.90. The van der Waals surface area contributed by atoms with E-state index in [1.165, 1.54) is 29.2 Å². The minimum atomic E-state index is -4.43. The Bertz CT molecular complexity index is 1190. The number of anilines is 1. The molecule has 1 heterocycles. The number of hydrogen-bond donors (Lipinski definition) is 2. The molecule has 0 spiro atoms. The van der Waals surface area contributed by atoms with E-state index in [2.05, 4.69) is 15.4 Å². The van der Waals surface area contributed by atoms with Gasteiger partial charge >= 0.3 is 6.18 Å². The molecule has 3 aromatic rings. The van der Waals surface area contributed by atoms with Crippen LogP contribution in [0, 0.1) is 0 Å². The van der Waals surface area contributed by atoms with Gasteiger partial charge in [-0.15, -0.1) is 5.10 Å². The van der Waals surface area contributed by atoms with Gasteiger partial charge in [0.25, 0.3) is 5.91 Å². The van der Waals surface area contributed by atoms with Crippen LogP contribution in [0.1, 0.15) is 21.7 Å². The molecule has 2 N–H and O–H groups in total. The second kappa shape index (κ2) is 7.78. The lowest BCUT2D eigenvalue weighted by Crippen LogP contribution is -2.15. The second-order valence-corrected chi connectivity index (χ2v) is 8.35. The van der Waals surface area contributed by atoms with Gasteiger partial charge in [0.1, 0.15) is 17.0 Å². The molecule has 2 aromatic carbocycles. The number of phenolic OH excluding ortho intramolecular Hbond substituents is 1. The second-order valence-electron chi connectivity index (χ2n) is 6.37. The highest BCUT2D eigenvalue weighted by atomic mass is 32.2. The number of hydrogen-bond acceptors (Lipinski definition) is 6. The van der Waals surface area contributed by atoms with Gasteiger partial charge in [-0.25, -0.2) is 18.1 Å². The molecule has 158 valence electrons. The molecule has 1 aromatic heterocycles. The SMILES string of the molecule is CS(=O)(=O)c1cc(NC(=O)c2ncn(Cc3ccc(C(F)(F)F)cc3)n2)ccc1O. The number of sulfone groups is 1. The van der Waals surface area contributed by atoms with Gasteiger partial charge in [-0.3, -0.25) is 4.79 Å². The lowest BCUT2D eigenvalue weighted by atomic mass is 10.1. The minimum Gasteiger partial charge on any atom is -0.507 e. The van der Waals surface area contributed by atoms with E-state index >= 15 is 0 Å². The maximum absolute atomic E-state index is 12.6. The van der Waals surface area contributed by atoms with Gasteiger partial charge in [-0.2, -0.15) is 13.2 Å². The van der Waals surface area contributed by atoms with Gasteiger partial charge in [0.2, 0.25) is 5.82 Å². The maximum atomic E-state index is 12.6. The summed E-state index contributed by atoms with van der Waals surface area (Å²) in [6.07, 6.45) is -2.27. The van der Waals surface area contributed by atoms with Gasteiger partial charge in [0, 0.05) is 11.9 Å². The third-order valence-electron chi connectivity index (χ3n) is 3.98. The molecule has 0 unspecified atom stereocenters. The first-order valence-electron chi connectivity index (χ1n) is 8.33. The fraction of sp³-hybridized carbons (Fsp3) is 0.167. The summed E-state index contributed by atoms with van der Waals surface area (Å²) in [6.45, 7) is 0.0931. The molecular weight excluding hydrogens is 425 g/mol. The highest BCUT2D eigenvalue weighted by Gasteiger charge is 2.29. The van der Waals surface area contributed by atoms with Crippen molar-refractivity contribution in [1.82, 2.24) is 14.8 Å². The van der Waals surface area contributed by atoms with Crippen LogP contribution in [-0.4, -0.2) is 40.5 Å². The Morgan fingerprint density at radius 3 is 2.43 bits per heavy atom. The van der Waals surface area contributed by atoms with Crippen molar-refractivity contribution >= 4 is 21.4 Å². The summed E-state index contributed by atoms with van der Waals surface area (Å²) in [5.74, 6) is -1.41. The van der Waals surface area contributed by atoms with Gasteiger partial charge in [0.15, 0.2) is 9.84 Å². The first-order valence-corrected chi connectivity index (χ1v) is 10.2. The molecule has 1 amide bonds. The van der Waals surface area contributed by atoms with Crippen molar-refractivity contribution in [3.63, 3.8) is 0 Å². The number of alkyl halides is 3. The number of amides is 1. The molecule has 0 saturated carbocycles. The molecule has 0 atom stereocenters. The van der Waals surface area contributed by atoms with Crippen LogP contribution in [0.5, 0.6) is 5.75 Å². The zero-order valence-electron chi connectivity index (χ0n) is 15.4. The number of rotatable bonds is 5. The largest absolute Gasteiger partial charge is 0.507 e. The summed E-state index contributed by atoms with van der Waals surface area (Å²) in [6, 6.07) is 8.03. The van der Waals surface area contributed by atoms with Crippen molar-refractivity contribution in [3.8, 4) is 5.75 Å². The predicted octanol–water partition coefficient (Wildman–Crippen LogP) is 2.71. The smallest absolute Gasteiger partial charge is 0.416 e. The van der Waals surface area contributed by atoms with Crippen LogP contribution in [-0.2, 0) is 22.6 Å². The molecule has 8 nitrogen and oxygen atoms in total. The average molecular weight is 440 g/mol. The maximum Gasteiger partial charge on any atom is 0.416 e. The zero-order chi connectivity index (χ0) is 22.1. The molecule has 0 aliphatic rings. The molecule has 0 saturated heterocycles. The number of nitrogens with one attached hydrogen (secondary N) is 1. The summed E-state index contributed by atoms with van der Waals surface area (Å²) in [4.78, 5) is 15.8. The quantitative estimate of drug-likeness (QED) is 0.590. The van der Waals surface area contributed by atoms with Crippen LogP contribution in [0.25, 0.3) is 0 Å². The number of nitrogens with zero attached hydrogens (tertiary/aromatic N) is 3. The standard InChI is InChI=1S/C18H15F3N4O4S/c1-30(28,29)15-8-13(6-7-14(15)26)23-17(27)16-22-10-25(24-16)9-11-2-4-12(5-3-11)18(19,20)21/h2-8,10,26H,9H2,1H3,(H,23,27). The molecule has 0 aliphatic carbocycles. The lowest BCUT2D eigenvalue weighted by molar-refractivity contribution is -0.137. The molecule has 0 aliphatic heterocycles. The third kappa shape index (κ3) is 4.95. The van der Waals surface area contributed by atoms with E-state index in [0.29, 0.717) is 5.56 Å². The van der Waals surface area contributed by atoms with Crippen molar-refractivity contribution in [3.05, 3.63) is 65.7 Å². The number of phenols is 1. The lowest BCUT2D eigenvalue weighted by Gasteiger charge is -2.07. The molecule has 0 fully saturated rings. The Hall–Kier alpha value is -3.41. The number of halogens is 3. The van der Waals surface area contributed by atoms with Crippen LogP contribution in [0.4, 0.5) is 18.9 Å². The fourth-order valence-electron chi connectivity index (χ4n) is 2.54. The monoisotopic (exact) mass is 440 g/mol. The first-order chi connectivity index (χ1) is 13.9. The van der Waals surface area contributed by atoms with E-state index in [0.717, 1.165) is 30.5 Å². The van der Waals surface area contributed by atoms with Crippen LogP contribution in [0.3, 0.4) is 0 Å². The van der Waals surface area contributed by atoms with Gasteiger partial charge in [-0.1, -0.05) is 12.1 Å². The third-order valence-corrected chi connectivity index (χ3v) is 5.11. The van der Waals surface area contributed by atoms with Crippen LogP contribution >= 0.6 is 0 Å². The molecule has 0 radical (unpaired) electrons. The Labute approximate surface area is 168 Å². The summed E-state index contributed by atoms with van der Waals surface area (Å²) >= 11 is 0. The molecule has 3 rings (SSSR count). The summed E-state index contributed by atoms with van der Waals surface area (Å²) in [5.41, 5.74) is -0.138. The number of aromatic hydroxyl groups is 1. The van der Waals surface area contributed by atoms with Crippen LogP contribution < -0.4 is 5.32 Å². The van der Waals surface area contributed by atoms with Crippen molar-refractivity contribution in [2.24, 2.45) is 0 Å². The molecular formula is C18H15F3N4O4S. The molecule has 0 bridgehead atoms. The highest BCUT2D eigenvalue weighted by Crippen LogP contribution is 2.29. The van der Waals surface area contributed by atoms with Crippen molar-refractivity contribution in [2.45, 2.75) is 17.6 Å². The fourth-order valence-corrected chi connectivity index (χ4v) is 3.33. The summed E-state index contributed by atoms with van der Waals surface area (Å²) in [7, 11) is -3.71. The Kier molecular flexibility index (Phi) is 5.53. The van der Waals surface area contributed by atoms with E-state index in [1.807, 2.05) is 0 Å². The Balaban J connectivity index is 1.71. The summed E-state index contributed by atoms with van der Waals surface area (Å²) < 4.78 is 62.4. The van der Waals surface area contributed by atoms with E-state index in [4.69, 9.17) is 0 Å². The summed E-state index contributed by atoms with van der Waals surface area (Å²) in [5, 5.41) is 16.0. The Morgan fingerprint density at radius 1 is 1.17 bits per heavy atom. The van der Waals surface area contributed by atoms with Crippen LogP contribution in [0.2, 0.25) is 0 Å². The van der Waals surface area contributed by atoms with E-state index < -0.39 is 33.2 Å². The van der Waals surface area contributed by atoms with Gasteiger partial charge in [-0.05, 0) is 35.9 Å². The van der Waals surface area contributed by atoms with Gasteiger partial charge < -0.3 is 10.4 Å². The minimum absolute atomic E-state index is 0.0931. The van der Waals surface area contributed by atoms with Crippen molar-refractivity contribution in [1.29, 1.82) is 0 Å². The number of carbonyl (C=O) groups is 1. The van der Waals surface area contributed by atoms with Gasteiger partial charge in [0.05, 0.1) is 12.1 Å². The van der Waals surface area contributed by atoms with Crippen molar-refractivity contribution < 1.29 is 31.5 Å². The van der Waals surface area contributed by atoms with Crippen LogP contribution in [0.15, 0.2) is 53.7 Å². The van der Waals surface area contributed by atoms with Crippen molar-refractivity contribution in [2.75, 3.05) is 11.6 Å². The molecule has 12 heteroatoms. The first kappa shape index (κ1) is 21.3. The number of carbonyl (C=O) groups excluding carboxylic acids is 1. The number of aromatic nitrogens is 3. The predicted molar refractivity (Wildman–Crippen MR) is 99.7 cm³/mol. The topological polar surface area (TPSA) is 114 Å². The number of benzene rings is 2. The normalized spacial score (nSPS) is 12.0.